The van der Waals surface area contributed by atoms with E-state index in [0.29, 0.717) is 6.42 Å². The normalized spacial score (nSPS) is 12.1. The van der Waals surface area contributed by atoms with E-state index in [1.165, 1.54) is 38.7 Å². The van der Waals surface area contributed by atoms with Crippen LogP contribution in [0.4, 0.5) is 0 Å². The number of esters is 1. The van der Waals surface area contributed by atoms with Gasteiger partial charge in [-0.05, 0) is 36.7 Å². The van der Waals surface area contributed by atoms with E-state index in [9.17, 15) is 9.90 Å². The molecule has 0 aliphatic carbocycles. The van der Waals surface area contributed by atoms with Gasteiger partial charge in [0.05, 0.1) is 0 Å². The highest BCUT2D eigenvalue weighted by Gasteiger charge is 2.01. The molecular weight excluding hydrogens is 264 g/mol. The Balaban J connectivity index is 3.93. The number of hydrogen-bond donors (Lipinski definition) is 1. The van der Waals surface area contributed by atoms with Gasteiger partial charge in [-0.2, -0.15) is 0 Å². The third-order valence-corrected chi connectivity index (χ3v) is 2.85. The zero-order valence-corrected chi connectivity index (χ0v) is 13.2. The van der Waals surface area contributed by atoms with Gasteiger partial charge in [0, 0.05) is 6.92 Å². The average Bonchev–Trinajstić information content (AvgIpc) is 2.45. The van der Waals surface area contributed by atoms with Crippen molar-refractivity contribution >= 4 is 5.97 Å². The van der Waals surface area contributed by atoms with Gasteiger partial charge in [0.25, 0.3) is 0 Å². The van der Waals surface area contributed by atoms with E-state index in [2.05, 4.69) is 37.2 Å². The molecule has 0 aromatic heterocycles. The van der Waals surface area contributed by atoms with Gasteiger partial charge in [-0.1, -0.05) is 51.5 Å². The Morgan fingerprint density at radius 3 is 2.43 bits per heavy atom. The van der Waals surface area contributed by atoms with Gasteiger partial charge < -0.3 is 9.84 Å². The molecule has 0 aromatic carbocycles. The summed E-state index contributed by atoms with van der Waals surface area (Å²) in [6.45, 7) is 7.03. The monoisotopic (exact) mass is 290 g/mol. The molecule has 1 N–H and O–H groups in total. The van der Waals surface area contributed by atoms with E-state index < -0.39 is 18.2 Å². The lowest BCUT2D eigenvalue weighted by molar-refractivity contribution is -0.142. The lowest BCUT2D eigenvalue weighted by Gasteiger charge is -2.03. The molecule has 0 fully saturated rings. The van der Waals surface area contributed by atoms with Crippen LogP contribution >= 0.6 is 0 Å². The number of carbonyl (C=O) groups is 1. The Kier molecular flexibility index (Phi) is 12.2. The summed E-state index contributed by atoms with van der Waals surface area (Å²) in [5.74, 6) is 10.1. The summed E-state index contributed by atoms with van der Waals surface area (Å²) >= 11 is 0. The molecule has 21 heavy (non-hydrogen) atoms. The van der Waals surface area contributed by atoms with Crippen molar-refractivity contribution in [3.63, 3.8) is 0 Å². The molecule has 0 saturated carbocycles. The smallest absolute Gasteiger partial charge is 0.304 e. The first kappa shape index (κ1) is 19.3. The second-order valence-electron chi connectivity index (χ2n) is 4.88. The Hall–Kier alpha value is -1.71. The Morgan fingerprint density at radius 1 is 1.19 bits per heavy atom. The molecule has 0 aliphatic heterocycles. The molecule has 0 aliphatic rings. The average molecular weight is 290 g/mol. The fraction of sp³-hybridized carbons (Fsp3) is 0.611. The fourth-order valence-corrected chi connectivity index (χ4v) is 1.73. The van der Waals surface area contributed by atoms with Crippen LogP contribution in [0.15, 0.2) is 12.7 Å². The molecule has 0 rings (SSSR count). The summed E-state index contributed by atoms with van der Waals surface area (Å²) in [6.07, 6.45) is 7.95. The molecular formula is C18H26O3. The zero-order valence-electron chi connectivity index (χ0n) is 13.2. The number of rotatable bonds is 9. The van der Waals surface area contributed by atoms with Crippen LogP contribution in [0.2, 0.25) is 0 Å². The number of aliphatic hydroxyl groups is 1. The summed E-state index contributed by atoms with van der Waals surface area (Å²) in [4.78, 5) is 10.8. The van der Waals surface area contributed by atoms with Crippen LogP contribution in [0.25, 0.3) is 0 Å². The predicted octanol–water partition coefficient (Wildman–Crippen LogP) is 3.22. The van der Waals surface area contributed by atoms with Crippen molar-refractivity contribution in [3.05, 3.63) is 12.7 Å². The number of hydrogen-bond acceptors (Lipinski definition) is 3. The van der Waals surface area contributed by atoms with Gasteiger partial charge >= 0.3 is 5.97 Å². The lowest BCUT2D eigenvalue weighted by atomic mass is 10.1. The predicted molar refractivity (Wildman–Crippen MR) is 85.3 cm³/mol. The Labute approximate surface area is 128 Å². The van der Waals surface area contributed by atoms with Crippen molar-refractivity contribution in [2.45, 2.75) is 71.0 Å². The second kappa shape index (κ2) is 13.3. The fourth-order valence-electron chi connectivity index (χ4n) is 1.73. The van der Waals surface area contributed by atoms with Gasteiger partial charge in [0.1, 0.15) is 6.10 Å². The van der Waals surface area contributed by atoms with Crippen LogP contribution in [0.1, 0.15) is 58.8 Å². The third kappa shape index (κ3) is 13.0. The van der Waals surface area contributed by atoms with Gasteiger partial charge in [0.15, 0.2) is 6.10 Å². The molecule has 0 heterocycles. The molecule has 0 aromatic rings. The lowest BCUT2D eigenvalue weighted by Crippen LogP contribution is -2.10. The van der Waals surface area contributed by atoms with Crippen molar-refractivity contribution in [2.24, 2.45) is 0 Å². The van der Waals surface area contributed by atoms with Crippen molar-refractivity contribution in [1.82, 2.24) is 0 Å². The first-order chi connectivity index (χ1) is 10.1. The largest absolute Gasteiger partial charge is 0.445 e. The summed E-state index contributed by atoms with van der Waals surface area (Å²) in [6, 6.07) is 0. The van der Waals surface area contributed by atoms with Crippen LogP contribution in [-0.4, -0.2) is 23.3 Å². The highest BCUT2D eigenvalue weighted by atomic mass is 16.5. The maximum Gasteiger partial charge on any atom is 0.304 e. The molecule has 2 atom stereocenters. The minimum absolute atomic E-state index is 0.412. The quantitative estimate of drug-likeness (QED) is 0.307. The third-order valence-electron chi connectivity index (χ3n) is 2.85. The molecule has 0 radical (unpaired) electrons. The first-order valence-corrected chi connectivity index (χ1v) is 7.59. The van der Waals surface area contributed by atoms with Crippen LogP contribution in [0, 0.1) is 23.7 Å². The van der Waals surface area contributed by atoms with Crippen molar-refractivity contribution in [1.29, 1.82) is 0 Å². The van der Waals surface area contributed by atoms with Crippen LogP contribution in [-0.2, 0) is 9.53 Å². The molecule has 0 saturated heterocycles. The van der Waals surface area contributed by atoms with Crippen LogP contribution < -0.4 is 0 Å². The summed E-state index contributed by atoms with van der Waals surface area (Å²) in [5, 5.41) is 9.67. The minimum atomic E-state index is -0.646. The molecule has 116 valence electrons. The Morgan fingerprint density at radius 2 is 1.81 bits per heavy atom. The van der Waals surface area contributed by atoms with Gasteiger partial charge in [-0.25, -0.2) is 0 Å². The van der Waals surface area contributed by atoms with Crippen LogP contribution in [0.5, 0.6) is 0 Å². The maximum absolute atomic E-state index is 10.8. The highest BCUT2D eigenvalue weighted by molar-refractivity contribution is 5.66. The standard InChI is InChI=1S/C18H26O3/c1-4-6-7-8-9-10-13-17(20)14-11-12-15-18(5-2)21-16(3)19/h5,17-18,20H,2,4,6-10,13H2,1,3H3/t17-,18+/m1/s1. The summed E-state index contributed by atoms with van der Waals surface area (Å²) < 4.78 is 4.86. The van der Waals surface area contributed by atoms with E-state index in [0.717, 1.165) is 12.8 Å². The van der Waals surface area contributed by atoms with E-state index in [-0.39, 0.29) is 0 Å². The second-order valence-corrected chi connectivity index (χ2v) is 4.88. The van der Waals surface area contributed by atoms with E-state index >= 15 is 0 Å². The van der Waals surface area contributed by atoms with Gasteiger partial charge in [-0.3, -0.25) is 4.79 Å². The summed E-state index contributed by atoms with van der Waals surface area (Å²) in [5.41, 5.74) is 0. The number of carbonyl (C=O) groups excluding carboxylic acids is 1. The Bertz CT molecular complexity index is 417. The van der Waals surface area contributed by atoms with Crippen LogP contribution in [0.3, 0.4) is 0 Å². The zero-order chi connectivity index (χ0) is 15.9. The molecule has 0 spiro atoms. The van der Waals surface area contributed by atoms with E-state index in [1.54, 1.807) is 0 Å². The summed E-state index contributed by atoms with van der Waals surface area (Å²) in [7, 11) is 0. The molecule has 0 bridgehead atoms. The molecule has 0 unspecified atom stereocenters. The van der Waals surface area contributed by atoms with E-state index in [1.807, 2.05) is 0 Å². The first-order valence-electron chi connectivity index (χ1n) is 7.59. The van der Waals surface area contributed by atoms with Crippen molar-refractivity contribution in [3.8, 4) is 23.7 Å². The van der Waals surface area contributed by atoms with Gasteiger partial charge in [0.2, 0.25) is 0 Å². The van der Waals surface area contributed by atoms with Crippen molar-refractivity contribution in [2.75, 3.05) is 0 Å². The van der Waals surface area contributed by atoms with E-state index in [4.69, 9.17) is 4.74 Å². The van der Waals surface area contributed by atoms with Crippen molar-refractivity contribution < 1.29 is 14.6 Å². The maximum atomic E-state index is 10.8. The molecule has 0 amide bonds. The molecule has 3 nitrogen and oxygen atoms in total. The minimum Gasteiger partial charge on any atom is -0.445 e. The number of ether oxygens (including phenoxy) is 1. The highest BCUT2D eigenvalue weighted by Crippen LogP contribution is 2.08. The topological polar surface area (TPSA) is 46.5 Å². The number of aliphatic hydroxyl groups excluding tert-OH is 1. The molecule has 3 heteroatoms. The number of unbranched alkanes of at least 4 members (excludes halogenated alkanes) is 5. The van der Waals surface area contributed by atoms with Gasteiger partial charge in [-0.15, -0.1) is 0 Å². The SMILES string of the molecule is C=C[C@@H](C#CC#C[C@H](O)CCCCCCCC)OC(C)=O.